The van der Waals surface area contributed by atoms with Crippen molar-refractivity contribution in [2.24, 2.45) is 11.0 Å². The average molecular weight is 302 g/mol. The second-order valence-corrected chi connectivity index (χ2v) is 6.48. The van der Waals surface area contributed by atoms with Crippen molar-refractivity contribution < 1.29 is 4.79 Å². The van der Waals surface area contributed by atoms with Gasteiger partial charge in [0.1, 0.15) is 6.04 Å². The number of benzene rings is 1. The van der Waals surface area contributed by atoms with Gasteiger partial charge in [-0.2, -0.15) is 5.10 Å². The molecule has 3 N–H and O–H groups in total. The Morgan fingerprint density at radius 3 is 2.45 bits per heavy atom. The Balaban J connectivity index is 1.83. The van der Waals surface area contributed by atoms with E-state index in [-0.39, 0.29) is 11.9 Å². The maximum Gasteiger partial charge on any atom is 0.258 e. The van der Waals surface area contributed by atoms with Crippen molar-refractivity contribution in [1.29, 1.82) is 0 Å². The molecule has 0 aromatic heterocycles. The van der Waals surface area contributed by atoms with Gasteiger partial charge < -0.3 is 0 Å². The zero-order valence-corrected chi connectivity index (χ0v) is 13.8. The zero-order valence-electron chi connectivity index (χ0n) is 13.8. The topological polar surface area (TPSA) is 65.5 Å². The molecule has 0 spiro atoms. The van der Waals surface area contributed by atoms with Crippen LogP contribution in [0.3, 0.4) is 0 Å². The summed E-state index contributed by atoms with van der Waals surface area (Å²) in [5.41, 5.74) is 11.0. The van der Waals surface area contributed by atoms with Gasteiger partial charge in [0, 0.05) is 6.04 Å². The fourth-order valence-corrected chi connectivity index (χ4v) is 2.41. The van der Waals surface area contributed by atoms with Crippen LogP contribution in [0.2, 0.25) is 0 Å². The quantitative estimate of drug-likeness (QED) is 0.577. The summed E-state index contributed by atoms with van der Waals surface area (Å²) >= 11 is 0. The molecular weight excluding hydrogens is 276 g/mol. The third kappa shape index (κ3) is 4.39. The van der Waals surface area contributed by atoms with Crippen LogP contribution < -0.4 is 16.3 Å². The van der Waals surface area contributed by atoms with Crippen LogP contribution in [0.15, 0.2) is 29.4 Å². The van der Waals surface area contributed by atoms with Crippen molar-refractivity contribution in [1.82, 2.24) is 16.3 Å². The molecule has 5 heteroatoms. The van der Waals surface area contributed by atoms with E-state index in [9.17, 15) is 4.79 Å². The molecule has 1 aliphatic rings. The van der Waals surface area contributed by atoms with E-state index in [1.54, 1.807) is 6.21 Å². The minimum Gasteiger partial charge on any atom is -0.271 e. The van der Waals surface area contributed by atoms with Crippen LogP contribution in [0.4, 0.5) is 0 Å². The molecular formula is C17H26N4O. The minimum atomic E-state index is -0.229. The summed E-state index contributed by atoms with van der Waals surface area (Å²) in [5.74, 6) is 0.902. The zero-order chi connectivity index (χ0) is 16.1. The van der Waals surface area contributed by atoms with Crippen LogP contribution in [0.1, 0.15) is 51.2 Å². The largest absolute Gasteiger partial charge is 0.271 e. The molecule has 1 aliphatic heterocycles. The van der Waals surface area contributed by atoms with E-state index in [1.165, 1.54) is 5.56 Å². The van der Waals surface area contributed by atoms with Crippen molar-refractivity contribution in [3.63, 3.8) is 0 Å². The summed E-state index contributed by atoms with van der Waals surface area (Å²) in [5, 5.41) is 4.04. The van der Waals surface area contributed by atoms with E-state index >= 15 is 0 Å². The van der Waals surface area contributed by atoms with Gasteiger partial charge in [-0.15, -0.1) is 0 Å². The monoisotopic (exact) mass is 302 g/mol. The standard InChI is InChI=1S/C17H26N4O/c1-11(2)14-7-5-13(6-8-14)10-18-21-17(22)16-9-15(12(3)4)19-20-16/h5-8,10-12,15-16,19-20H,9H2,1-4H3,(H,21,22)/b18-10+. The van der Waals surface area contributed by atoms with E-state index in [0.717, 1.165) is 12.0 Å². The lowest BCUT2D eigenvalue weighted by atomic mass is 9.99. The van der Waals surface area contributed by atoms with Gasteiger partial charge in [-0.1, -0.05) is 52.0 Å². The van der Waals surface area contributed by atoms with Gasteiger partial charge in [0.05, 0.1) is 6.21 Å². The van der Waals surface area contributed by atoms with E-state index in [4.69, 9.17) is 0 Å². The lowest BCUT2D eigenvalue weighted by Gasteiger charge is -2.12. The molecule has 0 bridgehead atoms. The van der Waals surface area contributed by atoms with Crippen LogP contribution in [-0.2, 0) is 4.79 Å². The fourth-order valence-electron chi connectivity index (χ4n) is 2.41. The number of carbonyl (C=O) groups excluding carboxylic acids is 1. The lowest BCUT2D eigenvalue weighted by molar-refractivity contribution is -0.122. The summed E-state index contributed by atoms with van der Waals surface area (Å²) < 4.78 is 0. The van der Waals surface area contributed by atoms with E-state index in [0.29, 0.717) is 17.9 Å². The molecule has 1 amide bonds. The van der Waals surface area contributed by atoms with Crippen LogP contribution in [0, 0.1) is 5.92 Å². The Hall–Kier alpha value is -1.72. The molecule has 120 valence electrons. The number of hydrogen-bond acceptors (Lipinski definition) is 4. The molecule has 1 aromatic carbocycles. The molecule has 0 aliphatic carbocycles. The highest BCUT2D eigenvalue weighted by molar-refractivity contribution is 5.85. The van der Waals surface area contributed by atoms with Gasteiger partial charge >= 0.3 is 0 Å². The molecule has 2 unspecified atom stereocenters. The second-order valence-electron chi connectivity index (χ2n) is 6.48. The van der Waals surface area contributed by atoms with Crippen molar-refractivity contribution in [3.8, 4) is 0 Å². The van der Waals surface area contributed by atoms with Gasteiger partial charge in [-0.05, 0) is 29.4 Å². The Labute approximate surface area is 132 Å². The number of nitrogens with zero attached hydrogens (tertiary/aromatic N) is 1. The van der Waals surface area contributed by atoms with Gasteiger partial charge in [-0.3, -0.25) is 10.2 Å². The number of hydrogen-bond donors (Lipinski definition) is 3. The average Bonchev–Trinajstić information content (AvgIpc) is 2.98. The third-order valence-corrected chi connectivity index (χ3v) is 4.05. The number of nitrogens with one attached hydrogen (secondary N) is 3. The van der Waals surface area contributed by atoms with Crippen LogP contribution in [0.25, 0.3) is 0 Å². The van der Waals surface area contributed by atoms with Crippen LogP contribution in [-0.4, -0.2) is 24.2 Å². The first-order chi connectivity index (χ1) is 10.5. The first kappa shape index (κ1) is 16.6. The summed E-state index contributed by atoms with van der Waals surface area (Å²) in [4.78, 5) is 12.0. The Bertz CT molecular complexity index is 522. The van der Waals surface area contributed by atoms with Gasteiger partial charge in [0.15, 0.2) is 0 Å². The van der Waals surface area contributed by atoms with Gasteiger partial charge in [0.25, 0.3) is 5.91 Å². The van der Waals surface area contributed by atoms with Gasteiger partial charge in [-0.25, -0.2) is 10.9 Å². The number of hydrazone groups is 1. The predicted molar refractivity (Wildman–Crippen MR) is 89.6 cm³/mol. The van der Waals surface area contributed by atoms with Crippen LogP contribution >= 0.6 is 0 Å². The first-order valence-electron chi connectivity index (χ1n) is 7.91. The van der Waals surface area contributed by atoms with Crippen molar-refractivity contribution in [2.45, 2.75) is 52.1 Å². The molecule has 0 radical (unpaired) electrons. The van der Waals surface area contributed by atoms with E-state index < -0.39 is 0 Å². The van der Waals surface area contributed by atoms with Crippen molar-refractivity contribution >= 4 is 12.1 Å². The highest BCUT2D eigenvalue weighted by Crippen LogP contribution is 2.14. The number of amides is 1. The summed E-state index contributed by atoms with van der Waals surface area (Å²) in [6.07, 6.45) is 2.45. The predicted octanol–water partition coefficient (Wildman–Crippen LogP) is 2.15. The van der Waals surface area contributed by atoms with Gasteiger partial charge in [0.2, 0.25) is 0 Å². The summed E-state index contributed by atoms with van der Waals surface area (Å²) in [7, 11) is 0. The SMILES string of the molecule is CC(C)c1ccc(/C=N/NC(=O)C2CC(C(C)C)NN2)cc1. The highest BCUT2D eigenvalue weighted by atomic mass is 16.2. The summed E-state index contributed by atoms with van der Waals surface area (Å²) in [6, 6.07) is 8.29. The molecule has 1 aromatic rings. The lowest BCUT2D eigenvalue weighted by Crippen LogP contribution is -2.42. The Morgan fingerprint density at radius 1 is 1.23 bits per heavy atom. The normalized spacial score (nSPS) is 21.9. The first-order valence-corrected chi connectivity index (χ1v) is 7.91. The number of hydrazine groups is 1. The highest BCUT2D eigenvalue weighted by Gasteiger charge is 2.30. The fraction of sp³-hybridized carbons (Fsp3) is 0.529. The summed E-state index contributed by atoms with van der Waals surface area (Å²) in [6.45, 7) is 8.60. The second kappa shape index (κ2) is 7.51. The van der Waals surface area contributed by atoms with E-state index in [1.807, 2.05) is 12.1 Å². The van der Waals surface area contributed by atoms with Crippen LogP contribution in [0.5, 0.6) is 0 Å². The molecule has 1 saturated heterocycles. The maximum atomic E-state index is 12.0. The molecule has 22 heavy (non-hydrogen) atoms. The Morgan fingerprint density at radius 2 is 1.91 bits per heavy atom. The molecule has 1 heterocycles. The Kier molecular flexibility index (Phi) is 5.69. The molecule has 2 atom stereocenters. The minimum absolute atomic E-state index is 0.106. The number of rotatable bonds is 5. The van der Waals surface area contributed by atoms with Crippen molar-refractivity contribution in [3.05, 3.63) is 35.4 Å². The third-order valence-electron chi connectivity index (χ3n) is 4.05. The maximum absolute atomic E-state index is 12.0. The number of carbonyl (C=O) groups is 1. The smallest absolute Gasteiger partial charge is 0.258 e. The molecule has 1 fully saturated rings. The molecule has 5 nitrogen and oxygen atoms in total. The molecule has 0 saturated carbocycles. The van der Waals surface area contributed by atoms with Crippen molar-refractivity contribution in [2.75, 3.05) is 0 Å². The van der Waals surface area contributed by atoms with E-state index in [2.05, 4.69) is 61.2 Å². The molecule has 2 rings (SSSR count).